The summed E-state index contributed by atoms with van der Waals surface area (Å²) in [6.45, 7) is 5.09. The maximum absolute atomic E-state index is 13.1. The molecule has 5 nitrogen and oxygen atoms in total. The largest absolute Gasteiger partial charge is 0.271 e. The van der Waals surface area contributed by atoms with E-state index in [9.17, 15) is 8.42 Å². The first-order valence-electron chi connectivity index (χ1n) is 8.40. The van der Waals surface area contributed by atoms with Crippen LogP contribution in [0.2, 0.25) is 0 Å². The van der Waals surface area contributed by atoms with Gasteiger partial charge in [0.05, 0.1) is 11.4 Å². The van der Waals surface area contributed by atoms with Gasteiger partial charge in [-0.05, 0) is 63.2 Å². The van der Waals surface area contributed by atoms with Crippen LogP contribution in [0.15, 0.2) is 4.90 Å². The van der Waals surface area contributed by atoms with E-state index in [2.05, 4.69) is 5.10 Å². The van der Waals surface area contributed by atoms with Crippen LogP contribution in [0.4, 0.5) is 0 Å². The van der Waals surface area contributed by atoms with Crippen molar-refractivity contribution in [1.29, 1.82) is 0 Å². The van der Waals surface area contributed by atoms with Gasteiger partial charge in [-0.15, -0.1) is 0 Å². The molecule has 4 fully saturated rings. The van der Waals surface area contributed by atoms with Gasteiger partial charge in [-0.3, -0.25) is 4.68 Å². The van der Waals surface area contributed by atoms with Crippen molar-refractivity contribution >= 4 is 10.0 Å². The van der Waals surface area contributed by atoms with Crippen LogP contribution < -0.4 is 0 Å². The number of aryl methyl sites for hydroxylation is 2. The minimum atomic E-state index is -3.41. The van der Waals surface area contributed by atoms with Gasteiger partial charge in [0.15, 0.2) is 0 Å². The third-order valence-electron chi connectivity index (χ3n) is 6.45. The summed E-state index contributed by atoms with van der Waals surface area (Å²) in [5, 5.41) is 4.29. The van der Waals surface area contributed by atoms with E-state index in [1.807, 2.05) is 14.0 Å². The van der Waals surface area contributed by atoms with Gasteiger partial charge < -0.3 is 0 Å². The zero-order valence-corrected chi connectivity index (χ0v) is 14.4. The number of hydrogen-bond acceptors (Lipinski definition) is 3. The highest BCUT2D eigenvalue weighted by Crippen LogP contribution is 2.52. The highest BCUT2D eigenvalue weighted by atomic mass is 32.2. The van der Waals surface area contributed by atoms with Crippen molar-refractivity contribution in [2.75, 3.05) is 13.1 Å². The van der Waals surface area contributed by atoms with Gasteiger partial charge in [0.1, 0.15) is 4.90 Å². The first-order valence-corrected chi connectivity index (χ1v) is 9.84. The van der Waals surface area contributed by atoms with E-state index in [1.54, 1.807) is 15.9 Å². The Bertz CT molecular complexity index is 681. The lowest BCUT2D eigenvalue weighted by atomic mass is 9.60. The van der Waals surface area contributed by atoms with Crippen LogP contribution in [0.5, 0.6) is 0 Å². The summed E-state index contributed by atoms with van der Waals surface area (Å²) in [5.74, 6) is 2.71. The SMILES string of the molecule is Cc1nn(C)c(C)c1S(=O)(=O)N1CC2C3CCC(CC3)C2C1. The molecule has 1 aliphatic heterocycles. The van der Waals surface area contributed by atoms with Gasteiger partial charge in [-0.25, -0.2) is 8.42 Å². The van der Waals surface area contributed by atoms with Crippen molar-refractivity contribution < 1.29 is 8.42 Å². The smallest absolute Gasteiger partial charge is 0.246 e. The topological polar surface area (TPSA) is 55.2 Å². The van der Waals surface area contributed by atoms with Crippen molar-refractivity contribution in [2.24, 2.45) is 30.7 Å². The van der Waals surface area contributed by atoms with Crippen LogP contribution >= 0.6 is 0 Å². The molecule has 0 radical (unpaired) electrons. The number of aromatic nitrogens is 2. The van der Waals surface area contributed by atoms with E-state index >= 15 is 0 Å². The molecular weight excluding hydrogens is 298 g/mol. The molecule has 2 heterocycles. The molecule has 2 atom stereocenters. The summed E-state index contributed by atoms with van der Waals surface area (Å²) in [6, 6.07) is 0. The summed E-state index contributed by atoms with van der Waals surface area (Å²) in [7, 11) is -1.60. The molecule has 122 valence electrons. The first-order chi connectivity index (χ1) is 10.4. The molecule has 22 heavy (non-hydrogen) atoms. The fourth-order valence-electron chi connectivity index (χ4n) is 5.27. The van der Waals surface area contributed by atoms with E-state index in [4.69, 9.17) is 0 Å². The summed E-state index contributed by atoms with van der Waals surface area (Å²) in [5.41, 5.74) is 1.37. The van der Waals surface area contributed by atoms with E-state index in [0.29, 0.717) is 22.4 Å². The Balaban J connectivity index is 1.68. The Morgan fingerprint density at radius 3 is 1.91 bits per heavy atom. The molecule has 0 aromatic carbocycles. The predicted molar refractivity (Wildman–Crippen MR) is 83.9 cm³/mol. The van der Waals surface area contributed by atoms with Crippen LogP contribution in [0.3, 0.4) is 0 Å². The standard InChI is InChI=1S/C16H25N3O2S/c1-10-16(11(2)18(3)17-10)22(20,21)19-8-14-12-4-5-13(7-6-12)15(14)9-19/h12-15H,4-9H2,1-3H3. The molecule has 3 saturated carbocycles. The van der Waals surface area contributed by atoms with E-state index < -0.39 is 10.0 Å². The maximum Gasteiger partial charge on any atom is 0.246 e. The molecule has 0 amide bonds. The first kappa shape index (κ1) is 14.7. The minimum absolute atomic E-state index is 0.431. The fraction of sp³-hybridized carbons (Fsp3) is 0.812. The Morgan fingerprint density at radius 1 is 1.00 bits per heavy atom. The summed E-state index contributed by atoms with van der Waals surface area (Å²) < 4.78 is 29.7. The number of sulfonamides is 1. The zero-order chi connectivity index (χ0) is 15.6. The third-order valence-corrected chi connectivity index (χ3v) is 8.53. The molecule has 3 aliphatic carbocycles. The average Bonchev–Trinajstić information content (AvgIpc) is 3.05. The summed E-state index contributed by atoms with van der Waals surface area (Å²) in [4.78, 5) is 0.431. The molecule has 1 aromatic heterocycles. The molecule has 5 rings (SSSR count). The van der Waals surface area contributed by atoms with Crippen LogP contribution in [0.1, 0.15) is 37.1 Å². The van der Waals surface area contributed by atoms with Gasteiger partial charge in [0.2, 0.25) is 10.0 Å². The van der Waals surface area contributed by atoms with Crippen molar-refractivity contribution in [2.45, 2.75) is 44.4 Å². The second-order valence-corrected chi connectivity index (χ2v) is 9.32. The Hall–Kier alpha value is -0.880. The molecule has 0 spiro atoms. The highest BCUT2D eigenvalue weighted by molar-refractivity contribution is 7.89. The van der Waals surface area contributed by atoms with E-state index in [0.717, 1.165) is 30.6 Å². The van der Waals surface area contributed by atoms with Gasteiger partial charge >= 0.3 is 0 Å². The van der Waals surface area contributed by atoms with Crippen LogP contribution in [-0.2, 0) is 17.1 Å². The van der Waals surface area contributed by atoms with Crippen LogP contribution in [0.25, 0.3) is 0 Å². The number of nitrogens with zero attached hydrogens (tertiary/aromatic N) is 3. The molecule has 1 aromatic rings. The van der Waals surface area contributed by atoms with E-state index in [-0.39, 0.29) is 0 Å². The molecule has 2 bridgehead atoms. The second kappa shape index (κ2) is 4.81. The lowest BCUT2D eigenvalue weighted by Crippen LogP contribution is -2.38. The fourth-order valence-corrected chi connectivity index (χ4v) is 7.18. The molecular formula is C16H25N3O2S. The quantitative estimate of drug-likeness (QED) is 0.837. The summed E-state index contributed by atoms with van der Waals surface area (Å²) in [6.07, 6.45) is 5.24. The molecule has 2 unspecified atom stereocenters. The zero-order valence-electron chi connectivity index (χ0n) is 13.6. The predicted octanol–water partition coefficient (Wildman–Crippen LogP) is 2.09. The van der Waals surface area contributed by atoms with Gasteiger partial charge in [0, 0.05) is 20.1 Å². The van der Waals surface area contributed by atoms with Gasteiger partial charge in [-0.2, -0.15) is 9.40 Å². The number of rotatable bonds is 2. The minimum Gasteiger partial charge on any atom is -0.271 e. The lowest BCUT2D eigenvalue weighted by Gasteiger charge is -2.45. The maximum atomic E-state index is 13.1. The van der Waals surface area contributed by atoms with Gasteiger partial charge in [0.25, 0.3) is 0 Å². The normalized spacial score (nSPS) is 35.0. The molecule has 4 aliphatic rings. The number of hydrogen-bond donors (Lipinski definition) is 0. The molecule has 1 saturated heterocycles. The monoisotopic (exact) mass is 323 g/mol. The second-order valence-electron chi connectivity index (χ2n) is 7.45. The van der Waals surface area contributed by atoms with Crippen molar-refractivity contribution in [1.82, 2.24) is 14.1 Å². The van der Waals surface area contributed by atoms with Crippen LogP contribution in [-0.4, -0.2) is 35.6 Å². The highest BCUT2D eigenvalue weighted by Gasteiger charge is 2.51. The number of fused-ring (bicyclic) bond motifs is 2. The van der Waals surface area contributed by atoms with Crippen molar-refractivity contribution in [3.8, 4) is 0 Å². The van der Waals surface area contributed by atoms with Crippen molar-refractivity contribution in [3.05, 3.63) is 11.4 Å². The molecule has 0 N–H and O–H groups in total. The van der Waals surface area contributed by atoms with Crippen LogP contribution in [0, 0.1) is 37.5 Å². The van der Waals surface area contributed by atoms with Gasteiger partial charge in [-0.1, -0.05) is 0 Å². The average molecular weight is 323 g/mol. The molecule has 6 heteroatoms. The third kappa shape index (κ3) is 1.92. The summed E-state index contributed by atoms with van der Waals surface area (Å²) >= 11 is 0. The Kier molecular flexibility index (Phi) is 3.21. The Labute approximate surface area is 132 Å². The Morgan fingerprint density at radius 2 is 1.50 bits per heavy atom. The van der Waals surface area contributed by atoms with Crippen molar-refractivity contribution in [3.63, 3.8) is 0 Å². The lowest BCUT2D eigenvalue weighted by molar-refractivity contribution is 0.0577. The van der Waals surface area contributed by atoms with E-state index in [1.165, 1.54) is 25.7 Å².